The maximum Gasteiger partial charge on any atom is 0.261 e. The molecule has 2 atom stereocenters. The van der Waals surface area contributed by atoms with Gasteiger partial charge in [-0.3, -0.25) is 9.59 Å². The summed E-state index contributed by atoms with van der Waals surface area (Å²) in [4.78, 5) is 26.8. The molecule has 2 aromatic carbocycles. The maximum absolute atomic E-state index is 12.7. The number of anilines is 1. The number of benzene rings is 2. The summed E-state index contributed by atoms with van der Waals surface area (Å²) < 4.78 is 5.22. The van der Waals surface area contributed by atoms with Crippen LogP contribution in [0.5, 0.6) is 5.75 Å². The van der Waals surface area contributed by atoms with Gasteiger partial charge in [-0.25, -0.2) is 0 Å². The van der Waals surface area contributed by atoms with Gasteiger partial charge in [-0.1, -0.05) is 49.4 Å². The van der Waals surface area contributed by atoms with Crippen molar-refractivity contribution >= 4 is 17.5 Å². The Bertz CT molecular complexity index is 960. The van der Waals surface area contributed by atoms with Crippen LogP contribution < -0.4 is 10.1 Å². The molecule has 31 heavy (non-hydrogen) atoms. The number of fused-ring (bicyclic) bond motifs is 1. The van der Waals surface area contributed by atoms with Crippen molar-refractivity contribution < 1.29 is 24.5 Å². The molecule has 2 aromatic rings. The molecule has 164 valence electrons. The van der Waals surface area contributed by atoms with Crippen molar-refractivity contribution in [3.05, 3.63) is 71.8 Å². The van der Waals surface area contributed by atoms with Crippen LogP contribution in [0.15, 0.2) is 60.7 Å². The van der Waals surface area contributed by atoms with Crippen molar-refractivity contribution in [3.8, 4) is 5.75 Å². The van der Waals surface area contributed by atoms with E-state index in [0.29, 0.717) is 23.5 Å². The average Bonchev–Trinajstić information content (AvgIpc) is 3.04. The van der Waals surface area contributed by atoms with E-state index in [-0.39, 0.29) is 25.5 Å². The van der Waals surface area contributed by atoms with Gasteiger partial charge >= 0.3 is 0 Å². The highest BCUT2D eigenvalue weighted by atomic mass is 16.5. The molecule has 0 saturated heterocycles. The zero-order chi connectivity index (χ0) is 22.4. The first-order valence-electron chi connectivity index (χ1n) is 10.2. The Hall–Kier alpha value is -3.16. The highest BCUT2D eigenvalue weighted by Gasteiger charge is 2.48. The van der Waals surface area contributed by atoms with Crippen LogP contribution in [0, 0.1) is 5.92 Å². The number of ether oxygens (including phenoxy) is 1. The SMILES string of the molecule is COc1ccc2c(c1)[C@](O)([C@@H](C)/C=C/CC(=O)N(CCO)Cc1ccccc1)C(=O)N2. The minimum atomic E-state index is -1.75. The monoisotopic (exact) mass is 424 g/mol. The van der Waals surface area contributed by atoms with E-state index in [9.17, 15) is 19.8 Å². The number of carbonyl (C=O) groups is 2. The molecule has 1 aliphatic rings. The molecule has 0 spiro atoms. The lowest BCUT2D eigenvalue weighted by Crippen LogP contribution is -2.39. The third-order valence-electron chi connectivity index (χ3n) is 5.55. The van der Waals surface area contributed by atoms with Crippen LogP contribution >= 0.6 is 0 Å². The number of aliphatic hydroxyl groups is 2. The summed E-state index contributed by atoms with van der Waals surface area (Å²) in [6, 6.07) is 14.6. The van der Waals surface area contributed by atoms with Crippen molar-refractivity contribution in [2.24, 2.45) is 5.92 Å². The highest BCUT2D eigenvalue weighted by Crippen LogP contribution is 2.43. The molecule has 0 saturated carbocycles. The zero-order valence-electron chi connectivity index (χ0n) is 17.7. The van der Waals surface area contributed by atoms with E-state index in [2.05, 4.69) is 5.32 Å². The van der Waals surface area contributed by atoms with E-state index in [4.69, 9.17) is 4.74 Å². The Kier molecular flexibility index (Phi) is 7.09. The first kappa shape index (κ1) is 22.5. The fourth-order valence-corrected chi connectivity index (χ4v) is 3.72. The molecule has 1 heterocycles. The van der Waals surface area contributed by atoms with Gasteiger partial charge < -0.3 is 25.2 Å². The summed E-state index contributed by atoms with van der Waals surface area (Å²) in [7, 11) is 1.52. The van der Waals surface area contributed by atoms with Crippen molar-refractivity contribution in [2.75, 3.05) is 25.6 Å². The quantitative estimate of drug-likeness (QED) is 0.537. The second-order valence-electron chi connectivity index (χ2n) is 7.58. The molecule has 1 aliphatic heterocycles. The van der Waals surface area contributed by atoms with Crippen LogP contribution in [0.3, 0.4) is 0 Å². The Morgan fingerprint density at radius 3 is 2.68 bits per heavy atom. The minimum Gasteiger partial charge on any atom is -0.497 e. The predicted octanol–water partition coefficient (Wildman–Crippen LogP) is 2.44. The number of amides is 2. The van der Waals surface area contributed by atoms with Gasteiger partial charge in [-0.05, 0) is 23.8 Å². The maximum atomic E-state index is 12.7. The van der Waals surface area contributed by atoms with Gasteiger partial charge in [0, 0.05) is 36.7 Å². The number of nitrogens with zero attached hydrogens (tertiary/aromatic N) is 1. The molecule has 0 aromatic heterocycles. The lowest BCUT2D eigenvalue weighted by atomic mass is 9.83. The van der Waals surface area contributed by atoms with Gasteiger partial charge in [0.05, 0.1) is 13.7 Å². The fourth-order valence-electron chi connectivity index (χ4n) is 3.72. The molecular formula is C24H28N2O5. The Labute approximate surface area is 182 Å². The summed E-state index contributed by atoms with van der Waals surface area (Å²) in [5.41, 5.74) is 0.218. The smallest absolute Gasteiger partial charge is 0.261 e. The van der Waals surface area contributed by atoms with Crippen molar-refractivity contribution in [1.29, 1.82) is 0 Å². The van der Waals surface area contributed by atoms with E-state index in [0.717, 1.165) is 5.56 Å². The van der Waals surface area contributed by atoms with Gasteiger partial charge in [-0.15, -0.1) is 0 Å². The molecule has 7 nitrogen and oxygen atoms in total. The van der Waals surface area contributed by atoms with E-state index < -0.39 is 17.4 Å². The molecule has 0 fully saturated rings. The largest absolute Gasteiger partial charge is 0.497 e. The van der Waals surface area contributed by atoms with Crippen LogP contribution in [0.4, 0.5) is 5.69 Å². The number of aliphatic hydroxyl groups excluding tert-OH is 1. The van der Waals surface area contributed by atoms with E-state index in [1.165, 1.54) is 7.11 Å². The lowest BCUT2D eigenvalue weighted by molar-refractivity contribution is -0.137. The summed E-state index contributed by atoms with van der Waals surface area (Å²) in [5, 5.41) is 23.2. The Balaban J connectivity index is 1.70. The number of carbonyl (C=O) groups excluding carboxylic acids is 2. The first-order chi connectivity index (χ1) is 14.9. The Morgan fingerprint density at radius 1 is 1.26 bits per heavy atom. The number of methoxy groups -OCH3 is 1. The zero-order valence-corrected chi connectivity index (χ0v) is 17.7. The normalized spacial score (nSPS) is 18.5. The van der Waals surface area contributed by atoms with Gasteiger partial charge in [-0.2, -0.15) is 0 Å². The highest BCUT2D eigenvalue weighted by molar-refractivity contribution is 6.05. The van der Waals surface area contributed by atoms with Crippen molar-refractivity contribution in [2.45, 2.75) is 25.5 Å². The number of hydrogen-bond acceptors (Lipinski definition) is 5. The van der Waals surface area contributed by atoms with Gasteiger partial charge in [0.25, 0.3) is 5.91 Å². The summed E-state index contributed by atoms with van der Waals surface area (Å²) in [6.45, 7) is 2.24. The van der Waals surface area contributed by atoms with Crippen molar-refractivity contribution in [3.63, 3.8) is 0 Å². The molecule has 0 unspecified atom stereocenters. The molecule has 0 radical (unpaired) electrons. The van der Waals surface area contributed by atoms with Crippen LogP contribution in [0.2, 0.25) is 0 Å². The molecule has 0 aliphatic carbocycles. The summed E-state index contributed by atoms with van der Waals surface area (Å²) in [5.74, 6) is -0.689. The topological polar surface area (TPSA) is 99.1 Å². The van der Waals surface area contributed by atoms with E-state index in [1.807, 2.05) is 30.3 Å². The Morgan fingerprint density at radius 2 is 2.00 bits per heavy atom. The van der Waals surface area contributed by atoms with Crippen LogP contribution in [0.25, 0.3) is 0 Å². The van der Waals surface area contributed by atoms with Gasteiger partial charge in [0.1, 0.15) is 5.75 Å². The first-order valence-corrected chi connectivity index (χ1v) is 10.2. The summed E-state index contributed by atoms with van der Waals surface area (Å²) in [6.07, 6.45) is 3.43. The van der Waals surface area contributed by atoms with Crippen LogP contribution in [-0.2, 0) is 21.7 Å². The second kappa shape index (κ2) is 9.76. The van der Waals surface area contributed by atoms with Crippen LogP contribution in [0.1, 0.15) is 24.5 Å². The number of hydrogen-bond donors (Lipinski definition) is 3. The molecule has 0 bridgehead atoms. The molecule has 3 rings (SSSR count). The third kappa shape index (κ3) is 4.78. The van der Waals surface area contributed by atoms with Crippen molar-refractivity contribution in [1.82, 2.24) is 4.90 Å². The molecule has 2 amide bonds. The van der Waals surface area contributed by atoms with E-state index in [1.54, 1.807) is 42.2 Å². The minimum absolute atomic E-state index is 0.0971. The molecular weight excluding hydrogens is 396 g/mol. The lowest BCUT2D eigenvalue weighted by Gasteiger charge is -2.26. The standard InChI is InChI=1S/C24H28N2O5/c1-17(24(30)20-15-19(31-2)11-12-21(20)25-23(24)29)7-6-10-22(28)26(13-14-27)16-18-8-4-3-5-9-18/h3-9,11-12,15,17,27,30H,10,13-14,16H2,1-2H3,(H,25,29)/b7-6+/t17-,24+/m0/s1. The average molecular weight is 424 g/mol. The van der Waals surface area contributed by atoms with Gasteiger partial charge in [0.15, 0.2) is 5.60 Å². The molecule has 3 N–H and O–H groups in total. The number of nitrogens with one attached hydrogen (secondary N) is 1. The van der Waals surface area contributed by atoms with Gasteiger partial charge in [0.2, 0.25) is 5.91 Å². The third-order valence-corrected chi connectivity index (χ3v) is 5.55. The molecule has 7 heteroatoms. The predicted molar refractivity (Wildman–Crippen MR) is 117 cm³/mol. The number of rotatable bonds is 9. The van der Waals surface area contributed by atoms with E-state index >= 15 is 0 Å². The fraction of sp³-hybridized carbons (Fsp3) is 0.333. The van der Waals surface area contributed by atoms with Crippen LogP contribution in [-0.4, -0.2) is 47.2 Å². The second-order valence-corrected chi connectivity index (χ2v) is 7.58. The summed E-state index contributed by atoms with van der Waals surface area (Å²) >= 11 is 0.